The Morgan fingerprint density at radius 3 is 2.61 bits per heavy atom. The average Bonchev–Trinajstić information content (AvgIpc) is 3.55. The van der Waals surface area contributed by atoms with Gasteiger partial charge in [0, 0.05) is 25.8 Å². The van der Waals surface area contributed by atoms with E-state index in [1.54, 1.807) is 13.0 Å². The minimum absolute atomic E-state index is 0.122. The number of carbonyl (C=O) groups excluding carboxylic acids is 3. The zero-order valence-corrected chi connectivity index (χ0v) is 18.4. The monoisotopic (exact) mass is 434 g/mol. The van der Waals surface area contributed by atoms with Gasteiger partial charge >= 0.3 is 11.9 Å². The van der Waals surface area contributed by atoms with E-state index >= 15 is 0 Å². The maximum absolute atomic E-state index is 12.7. The van der Waals surface area contributed by atoms with E-state index in [0.29, 0.717) is 18.9 Å². The maximum Gasteiger partial charge on any atom is 0.328 e. The van der Waals surface area contributed by atoms with Gasteiger partial charge in [-0.2, -0.15) is 0 Å². The number of nitrogens with zero attached hydrogens (tertiary/aromatic N) is 1. The van der Waals surface area contributed by atoms with Crippen LogP contribution in [0, 0.1) is 5.92 Å². The van der Waals surface area contributed by atoms with Gasteiger partial charge in [0.15, 0.2) is 11.4 Å². The minimum Gasteiger partial charge on any atom is -0.493 e. The lowest BCUT2D eigenvalue weighted by molar-refractivity contribution is -0.158. The summed E-state index contributed by atoms with van der Waals surface area (Å²) in [6.45, 7) is 8.79. The molecule has 1 aromatic rings. The van der Waals surface area contributed by atoms with Gasteiger partial charge in [-0.25, -0.2) is 9.78 Å². The third-order valence-corrected chi connectivity index (χ3v) is 4.72. The molecule has 0 aliphatic heterocycles. The lowest BCUT2D eigenvalue weighted by Crippen LogP contribution is -2.43. The molecule has 0 spiro atoms. The zero-order valence-electron chi connectivity index (χ0n) is 18.4. The van der Waals surface area contributed by atoms with Crippen LogP contribution in [0.1, 0.15) is 50.5 Å². The minimum atomic E-state index is -0.971. The molecular formula is C22H30N2O7. The van der Waals surface area contributed by atoms with Crippen molar-refractivity contribution in [1.29, 1.82) is 0 Å². The van der Waals surface area contributed by atoms with Gasteiger partial charge in [0.25, 0.3) is 5.91 Å². The van der Waals surface area contributed by atoms with Crippen LogP contribution >= 0.6 is 0 Å². The highest BCUT2D eigenvalue weighted by molar-refractivity contribution is 5.98. The van der Waals surface area contributed by atoms with E-state index in [1.807, 2.05) is 0 Å². The number of aromatic nitrogens is 1. The molecule has 1 N–H and O–H groups in total. The van der Waals surface area contributed by atoms with E-state index in [2.05, 4.69) is 16.9 Å². The summed E-state index contributed by atoms with van der Waals surface area (Å²) < 4.78 is 21.6. The number of rotatable bonds is 12. The van der Waals surface area contributed by atoms with Crippen LogP contribution in [-0.2, 0) is 19.1 Å². The number of carbonyl (C=O) groups is 3. The van der Waals surface area contributed by atoms with Gasteiger partial charge in [0.1, 0.15) is 12.1 Å². The molecule has 1 fully saturated rings. The largest absolute Gasteiger partial charge is 0.493 e. The van der Waals surface area contributed by atoms with Crippen molar-refractivity contribution in [1.82, 2.24) is 10.3 Å². The van der Waals surface area contributed by atoms with Gasteiger partial charge < -0.3 is 24.3 Å². The Labute approximate surface area is 182 Å². The van der Waals surface area contributed by atoms with Crippen LogP contribution in [0.15, 0.2) is 24.9 Å². The number of nitrogens with one attached hydrogen (secondary N) is 1. The van der Waals surface area contributed by atoms with E-state index in [1.165, 1.54) is 33.2 Å². The van der Waals surface area contributed by atoms with Crippen LogP contribution in [0.4, 0.5) is 0 Å². The fourth-order valence-electron chi connectivity index (χ4n) is 2.78. The van der Waals surface area contributed by atoms with Gasteiger partial charge in [-0.1, -0.05) is 6.08 Å². The standard InChI is InChI=1S/C22H30N2O7/c1-6-7-17(29-12-16-8-9-16)14(3)30-22(27)13(2)24-21(26)19-20(31-15(4)25)18(28-5)10-11-23-19/h6,10-11,13-14,16-17H,1,7-9,12H2,2-5H3,(H,24,26)/t13-,14-,17+/m0/s1. The summed E-state index contributed by atoms with van der Waals surface area (Å²) in [4.78, 5) is 40.5. The molecule has 0 aromatic carbocycles. The van der Waals surface area contributed by atoms with Crippen molar-refractivity contribution < 1.29 is 33.3 Å². The molecule has 1 aromatic heterocycles. The van der Waals surface area contributed by atoms with Crippen molar-refractivity contribution in [2.45, 2.75) is 58.3 Å². The van der Waals surface area contributed by atoms with Crippen LogP contribution in [0.2, 0.25) is 0 Å². The number of hydrogen-bond acceptors (Lipinski definition) is 8. The van der Waals surface area contributed by atoms with E-state index < -0.39 is 30.0 Å². The highest BCUT2D eigenvalue weighted by Crippen LogP contribution is 2.30. The van der Waals surface area contributed by atoms with Gasteiger partial charge in [-0.15, -0.1) is 6.58 Å². The Bertz CT molecular complexity index is 807. The molecule has 0 radical (unpaired) electrons. The Morgan fingerprint density at radius 1 is 1.32 bits per heavy atom. The molecule has 1 heterocycles. The van der Waals surface area contributed by atoms with Crippen molar-refractivity contribution in [2.75, 3.05) is 13.7 Å². The summed E-state index contributed by atoms with van der Waals surface area (Å²) >= 11 is 0. The molecule has 0 saturated heterocycles. The van der Waals surface area contributed by atoms with Crippen molar-refractivity contribution in [3.05, 3.63) is 30.6 Å². The fraction of sp³-hybridized carbons (Fsp3) is 0.545. The van der Waals surface area contributed by atoms with E-state index in [9.17, 15) is 14.4 Å². The quantitative estimate of drug-likeness (QED) is 0.394. The second kappa shape index (κ2) is 11.5. The Hall–Kier alpha value is -2.94. The van der Waals surface area contributed by atoms with E-state index in [4.69, 9.17) is 18.9 Å². The molecule has 9 nitrogen and oxygen atoms in total. The first-order valence-corrected chi connectivity index (χ1v) is 10.2. The van der Waals surface area contributed by atoms with Crippen LogP contribution in [0.3, 0.4) is 0 Å². The SMILES string of the molecule is C=CC[C@@H](OCC1CC1)[C@H](C)OC(=O)[C@H](C)NC(=O)c1nccc(OC)c1OC(C)=O. The van der Waals surface area contributed by atoms with Crippen molar-refractivity contribution in [3.63, 3.8) is 0 Å². The Balaban J connectivity index is 2.00. The Kier molecular flexibility index (Phi) is 8.99. The Morgan fingerprint density at radius 2 is 2.03 bits per heavy atom. The molecule has 170 valence electrons. The molecular weight excluding hydrogens is 404 g/mol. The molecule has 3 atom stereocenters. The number of ether oxygens (including phenoxy) is 4. The van der Waals surface area contributed by atoms with Gasteiger partial charge in [0.2, 0.25) is 5.75 Å². The molecule has 1 aliphatic rings. The second-order valence-electron chi connectivity index (χ2n) is 7.46. The predicted octanol–water partition coefficient (Wildman–Crippen LogP) is 2.44. The van der Waals surface area contributed by atoms with Crippen LogP contribution in [0.5, 0.6) is 11.5 Å². The number of amides is 1. The summed E-state index contributed by atoms with van der Waals surface area (Å²) in [6, 6.07) is 0.483. The zero-order chi connectivity index (χ0) is 23.0. The first-order chi connectivity index (χ1) is 14.8. The first-order valence-electron chi connectivity index (χ1n) is 10.2. The molecule has 0 unspecified atom stereocenters. The van der Waals surface area contributed by atoms with Crippen LogP contribution in [0.25, 0.3) is 0 Å². The maximum atomic E-state index is 12.7. The van der Waals surface area contributed by atoms with Crippen LogP contribution < -0.4 is 14.8 Å². The summed E-state index contributed by atoms with van der Waals surface area (Å²) in [5.74, 6) is -1.35. The van der Waals surface area contributed by atoms with Crippen LogP contribution in [-0.4, -0.2) is 54.8 Å². The molecule has 31 heavy (non-hydrogen) atoms. The predicted molar refractivity (Wildman–Crippen MR) is 112 cm³/mol. The summed E-state index contributed by atoms with van der Waals surface area (Å²) in [5, 5.41) is 2.51. The first kappa shape index (κ1) is 24.3. The topological polar surface area (TPSA) is 113 Å². The fourth-order valence-corrected chi connectivity index (χ4v) is 2.78. The lowest BCUT2D eigenvalue weighted by atomic mass is 10.1. The smallest absolute Gasteiger partial charge is 0.328 e. The summed E-state index contributed by atoms with van der Waals surface area (Å²) in [7, 11) is 1.37. The van der Waals surface area contributed by atoms with Crippen molar-refractivity contribution in [2.24, 2.45) is 5.92 Å². The average molecular weight is 434 g/mol. The number of pyridine rings is 1. The number of hydrogen-bond donors (Lipinski definition) is 1. The van der Waals surface area contributed by atoms with Gasteiger partial charge in [-0.3, -0.25) is 9.59 Å². The second-order valence-corrected chi connectivity index (χ2v) is 7.46. The van der Waals surface area contributed by atoms with E-state index in [0.717, 1.165) is 12.8 Å². The normalized spacial score (nSPS) is 15.9. The van der Waals surface area contributed by atoms with E-state index in [-0.39, 0.29) is 23.3 Å². The van der Waals surface area contributed by atoms with Gasteiger partial charge in [-0.05, 0) is 39.0 Å². The van der Waals surface area contributed by atoms with Gasteiger partial charge in [0.05, 0.1) is 13.2 Å². The third-order valence-electron chi connectivity index (χ3n) is 4.72. The molecule has 1 aliphatic carbocycles. The third kappa shape index (κ3) is 7.36. The number of esters is 2. The molecule has 2 rings (SSSR count). The molecule has 0 bridgehead atoms. The highest BCUT2D eigenvalue weighted by Gasteiger charge is 2.29. The summed E-state index contributed by atoms with van der Waals surface area (Å²) in [6.07, 6.45) is 5.09. The highest BCUT2D eigenvalue weighted by atomic mass is 16.6. The van der Waals surface area contributed by atoms with Crippen molar-refractivity contribution >= 4 is 17.8 Å². The molecule has 1 saturated carbocycles. The molecule has 9 heteroatoms. The molecule has 1 amide bonds. The summed E-state index contributed by atoms with van der Waals surface area (Å²) in [5.41, 5.74) is -0.181. The number of methoxy groups -OCH3 is 1. The lowest BCUT2D eigenvalue weighted by Gasteiger charge is -2.25. The van der Waals surface area contributed by atoms with Crippen molar-refractivity contribution in [3.8, 4) is 11.5 Å².